The van der Waals surface area contributed by atoms with Crippen molar-refractivity contribution < 1.29 is 29.0 Å². The molecule has 0 radical (unpaired) electrons. The van der Waals surface area contributed by atoms with E-state index in [0.29, 0.717) is 23.6 Å². The number of carbonyl (C=O) groups excluding carboxylic acids is 3. The van der Waals surface area contributed by atoms with Gasteiger partial charge >= 0.3 is 5.97 Å². The van der Waals surface area contributed by atoms with Crippen molar-refractivity contribution in [1.29, 1.82) is 0 Å². The summed E-state index contributed by atoms with van der Waals surface area (Å²) in [5.41, 5.74) is 9.73. The van der Waals surface area contributed by atoms with Crippen LogP contribution in [-0.2, 0) is 26.2 Å². The second-order valence-electron chi connectivity index (χ2n) is 13.9. The van der Waals surface area contributed by atoms with Gasteiger partial charge in [-0.3, -0.25) is 14.4 Å². The van der Waals surface area contributed by atoms with Crippen LogP contribution in [0.1, 0.15) is 87.7 Å². The molecule has 11 nitrogen and oxygen atoms in total. The molecular weight excluding hydrogens is 658 g/mol. The molecule has 0 fully saturated rings. The van der Waals surface area contributed by atoms with Gasteiger partial charge in [0, 0.05) is 35.5 Å². The van der Waals surface area contributed by atoms with Crippen molar-refractivity contribution in [1.82, 2.24) is 20.6 Å². The number of hydrogen-bond donors (Lipinski definition) is 4. The van der Waals surface area contributed by atoms with E-state index in [0.717, 1.165) is 34.4 Å². The van der Waals surface area contributed by atoms with Gasteiger partial charge in [0.2, 0.25) is 11.8 Å². The van der Waals surface area contributed by atoms with Gasteiger partial charge in [0.1, 0.15) is 17.8 Å². The number of carboxylic acids is 1. The number of benzene rings is 3. The minimum absolute atomic E-state index is 0.0409. The number of primary amides is 1. The number of carboxylic acid groups (broad SMARTS) is 1. The Kier molecular flexibility index (Phi) is 14.0. The van der Waals surface area contributed by atoms with Gasteiger partial charge in [0.25, 0.3) is 5.91 Å². The molecule has 274 valence electrons. The number of nitrogens with two attached hydrogens (primary N) is 1. The summed E-state index contributed by atoms with van der Waals surface area (Å²) in [5, 5.41) is 14.6. The summed E-state index contributed by atoms with van der Waals surface area (Å²) in [6.07, 6.45) is 8.91. The Morgan fingerprint density at radius 1 is 0.769 bits per heavy atom. The Morgan fingerprint density at radius 2 is 1.38 bits per heavy atom. The average molecular weight is 708 g/mol. The molecule has 0 saturated heterocycles. The highest BCUT2D eigenvalue weighted by Crippen LogP contribution is 2.25. The largest absolute Gasteiger partial charge is 0.494 e. The molecule has 0 bridgehead atoms. The number of ether oxygens (including phenoxy) is 1. The summed E-state index contributed by atoms with van der Waals surface area (Å²) >= 11 is 0. The van der Waals surface area contributed by atoms with E-state index in [1.54, 1.807) is 36.7 Å². The van der Waals surface area contributed by atoms with E-state index < -0.39 is 42.2 Å². The zero-order valence-corrected chi connectivity index (χ0v) is 30.4. The van der Waals surface area contributed by atoms with E-state index in [9.17, 15) is 24.3 Å². The van der Waals surface area contributed by atoms with Crippen LogP contribution in [0.5, 0.6) is 5.75 Å². The van der Waals surface area contributed by atoms with Crippen molar-refractivity contribution in [2.45, 2.75) is 90.1 Å². The van der Waals surface area contributed by atoms with Gasteiger partial charge in [0.15, 0.2) is 5.82 Å². The zero-order chi connectivity index (χ0) is 37.7. The molecule has 0 aliphatic rings. The maximum atomic E-state index is 13.4. The summed E-state index contributed by atoms with van der Waals surface area (Å²) in [5.74, 6) is -2.23. The maximum absolute atomic E-state index is 13.4. The van der Waals surface area contributed by atoms with Gasteiger partial charge in [-0.1, -0.05) is 102 Å². The van der Waals surface area contributed by atoms with Crippen LogP contribution in [0.4, 0.5) is 0 Å². The molecule has 3 amide bonds. The maximum Gasteiger partial charge on any atom is 0.326 e. The van der Waals surface area contributed by atoms with Gasteiger partial charge in [-0.2, -0.15) is 0 Å². The highest BCUT2D eigenvalue weighted by atomic mass is 16.5. The summed E-state index contributed by atoms with van der Waals surface area (Å²) in [7, 11) is 0. The molecule has 4 rings (SSSR count). The van der Waals surface area contributed by atoms with Crippen molar-refractivity contribution in [3.63, 3.8) is 0 Å². The van der Waals surface area contributed by atoms with Crippen molar-refractivity contribution in [2.24, 2.45) is 5.73 Å². The number of unbranched alkanes of at least 4 members (excludes halogenated alkanes) is 4. The zero-order valence-electron chi connectivity index (χ0n) is 30.4. The van der Waals surface area contributed by atoms with Crippen molar-refractivity contribution >= 4 is 23.7 Å². The number of carbonyl (C=O) groups is 4. The molecule has 3 aromatic carbocycles. The Labute approximate surface area is 305 Å². The minimum Gasteiger partial charge on any atom is -0.494 e. The Bertz CT molecular complexity index is 1780. The molecule has 0 spiro atoms. The molecule has 0 aliphatic heterocycles. The van der Waals surface area contributed by atoms with Crippen LogP contribution >= 0.6 is 0 Å². The lowest BCUT2D eigenvalue weighted by atomic mass is 9.86. The second-order valence-corrected chi connectivity index (χ2v) is 13.9. The predicted molar refractivity (Wildman–Crippen MR) is 201 cm³/mol. The lowest BCUT2D eigenvalue weighted by molar-refractivity contribution is -0.143. The standard InChI is InChI=1S/C41H49N5O6/c1-5-6-7-8-9-22-52-33-20-16-28(17-21-33)31-25-43-37(44-26-31)29-12-10-27(11-13-29)23-34(39(49)46-35(40(50)51)24-36(42)47)45-38(48)30-14-18-32(19-15-30)41(2,3)4/h10-21,25-26,34-35H,5-9,22-24H2,1-4H3,(H2,42,47)(H,45,48)(H,46,49)(H,50,51). The summed E-state index contributed by atoms with van der Waals surface area (Å²) in [6, 6.07) is 19.4. The highest BCUT2D eigenvalue weighted by Gasteiger charge is 2.28. The Balaban J connectivity index is 1.44. The third kappa shape index (κ3) is 11.8. The SMILES string of the molecule is CCCCCCCOc1ccc(-c2cnc(-c3ccc(CC(NC(=O)c4ccc(C(C)(C)C)cc4)C(=O)NC(CC(N)=O)C(=O)O)cc3)nc2)cc1. The molecule has 52 heavy (non-hydrogen) atoms. The first kappa shape index (κ1) is 39.2. The lowest BCUT2D eigenvalue weighted by Gasteiger charge is -2.22. The Hall–Kier alpha value is -5.58. The minimum atomic E-state index is -1.55. The summed E-state index contributed by atoms with van der Waals surface area (Å²) in [4.78, 5) is 59.0. The normalized spacial score (nSPS) is 12.4. The molecule has 1 heterocycles. The first-order valence-electron chi connectivity index (χ1n) is 17.7. The molecule has 11 heteroatoms. The lowest BCUT2D eigenvalue weighted by Crippen LogP contribution is -2.53. The van der Waals surface area contributed by atoms with Gasteiger partial charge in [-0.25, -0.2) is 14.8 Å². The van der Waals surface area contributed by atoms with E-state index >= 15 is 0 Å². The van der Waals surface area contributed by atoms with Crippen LogP contribution in [0.25, 0.3) is 22.5 Å². The van der Waals surface area contributed by atoms with Crippen molar-refractivity contribution in [2.75, 3.05) is 6.61 Å². The number of hydrogen-bond acceptors (Lipinski definition) is 7. The fourth-order valence-corrected chi connectivity index (χ4v) is 5.54. The molecule has 5 N–H and O–H groups in total. The first-order valence-corrected chi connectivity index (χ1v) is 17.7. The van der Waals surface area contributed by atoms with Crippen molar-refractivity contribution in [3.8, 4) is 28.3 Å². The predicted octanol–water partition coefficient (Wildman–Crippen LogP) is 6.24. The molecule has 4 aromatic rings. The fourth-order valence-electron chi connectivity index (χ4n) is 5.54. The number of aromatic nitrogens is 2. The number of aliphatic carboxylic acids is 1. The third-order valence-electron chi connectivity index (χ3n) is 8.66. The monoisotopic (exact) mass is 707 g/mol. The van der Waals surface area contributed by atoms with Crippen LogP contribution in [0.3, 0.4) is 0 Å². The molecule has 0 saturated carbocycles. The topological polar surface area (TPSA) is 174 Å². The molecule has 2 atom stereocenters. The van der Waals surface area contributed by atoms with Gasteiger partial charge in [-0.05, 0) is 52.8 Å². The van der Waals surface area contributed by atoms with Crippen LogP contribution < -0.4 is 21.1 Å². The molecule has 0 aliphatic carbocycles. The van der Waals surface area contributed by atoms with E-state index in [4.69, 9.17) is 10.5 Å². The van der Waals surface area contributed by atoms with E-state index in [-0.39, 0.29) is 11.8 Å². The van der Waals surface area contributed by atoms with E-state index in [1.165, 1.54) is 25.7 Å². The van der Waals surface area contributed by atoms with Crippen LogP contribution in [0, 0.1) is 0 Å². The second kappa shape index (κ2) is 18.6. The number of rotatable bonds is 18. The van der Waals surface area contributed by atoms with Gasteiger partial charge < -0.3 is 26.2 Å². The third-order valence-corrected chi connectivity index (χ3v) is 8.66. The number of nitrogens with zero attached hydrogens (tertiary/aromatic N) is 2. The van der Waals surface area contributed by atoms with Crippen LogP contribution in [0.2, 0.25) is 0 Å². The fraction of sp³-hybridized carbons (Fsp3) is 0.366. The van der Waals surface area contributed by atoms with Crippen molar-refractivity contribution in [3.05, 3.63) is 102 Å². The quantitative estimate of drug-likeness (QED) is 0.0880. The number of nitrogens with one attached hydrogen (secondary N) is 2. The van der Waals surface area contributed by atoms with E-state index in [2.05, 4.69) is 48.3 Å². The molecular formula is C41H49N5O6. The first-order chi connectivity index (χ1) is 24.8. The smallest absolute Gasteiger partial charge is 0.326 e. The molecule has 2 unspecified atom stereocenters. The van der Waals surface area contributed by atoms with Gasteiger partial charge in [-0.15, -0.1) is 0 Å². The van der Waals surface area contributed by atoms with E-state index in [1.807, 2.05) is 48.5 Å². The summed E-state index contributed by atoms with van der Waals surface area (Å²) < 4.78 is 5.88. The summed E-state index contributed by atoms with van der Waals surface area (Å²) in [6.45, 7) is 9.10. The number of amides is 3. The highest BCUT2D eigenvalue weighted by molar-refractivity contribution is 5.98. The van der Waals surface area contributed by atoms with Crippen LogP contribution in [0.15, 0.2) is 85.2 Å². The van der Waals surface area contributed by atoms with Gasteiger partial charge in [0.05, 0.1) is 13.0 Å². The molecule has 1 aromatic heterocycles. The van der Waals surface area contributed by atoms with Crippen LogP contribution in [-0.4, -0.2) is 57.5 Å². The Morgan fingerprint density at radius 3 is 1.96 bits per heavy atom. The average Bonchev–Trinajstić information content (AvgIpc) is 3.12.